The molecule has 0 aromatic carbocycles. The van der Waals surface area contributed by atoms with Crippen molar-refractivity contribution >= 4 is 22.2 Å². The van der Waals surface area contributed by atoms with Gasteiger partial charge in [0.1, 0.15) is 11.1 Å². The number of nitrogens with zero attached hydrogens (tertiary/aromatic N) is 1. The molecule has 1 aromatic rings. The van der Waals surface area contributed by atoms with Gasteiger partial charge in [-0.1, -0.05) is 13.8 Å². The lowest BCUT2D eigenvalue weighted by Gasteiger charge is -2.13. The Morgan fingerprint density at radius 1 is 1.50 bits per heavy atom. The highest BCUT2D eigenvalue weighted by atomic mass is 32.1. The van der Waals surface area contributed by atoms with Crippen molar-refractivity contribution in [3.8, 4) is 6.07 Å². The van der Waals surface area contributed by atoms with Gasteiger partial charge in [-0.05, 0) is 31.7 Å². The van der Waals surface area contributed by atoms with Crippen LogP contribution in [0.5, 0.6) is 0 Å². The van der Waals surface area contributed by atoms with Crippen LogP contribution in [0.15, 0.2) is 0 Å². The number of hydrogen-bond donors (Lipinski definition) is 2. The number of nitriles is 1. The Morgan fingerprint density at radius 2 is 2.11 bits per heavy atom. The zero-order valence-corrected chi connectivity index (χ0v) is 12.0. The molecule has 1 rings (SSSR count). The number of rotatable bonds is 4. The van der Waals surface area contributed by atoms with E-state index < -0.39 is 6.04 Å². The zero-order valence-electron chi connectivity index (χ0n) is 11.2. The average Bonchev–Trinajstić information content (AvgIpc) is 2.53. The number of nitrogens with two attached hydrogens (primary N) is 1. The lowest BCUT2D eigenvalue weighted by Crippen LogP contribution is -2.36. The fourth-order valence-corrected chi connectivity index (χ4v) is 2.68. The van der Waals surface area contributed by atoms with Gasteiger partial charge < -0.3 is 11.1 Å². The van der Waals surface area contributed by atoms with Crippen molar-refractivity contribution in [2.45, 2.75) is 40.2 Å². The Balaban J connectivity index is 2.83. The molecule has 1 aromatic heterocycles. The molecule has 1 atom stereocenters. The van der Waals surface area contributed by atoms with Crippen LogP contribution in [0.4, 0.5) is 5.00 Å². The van der Waals surface area contributed by atoms with Gasteiger partial charge in [0, 0.05) is 4.88 Å². The van der Waals surface area contributed by atoms with E-state index in [0.717, 1.165) is 10.4 Å². The van der Waals surface area contributed by atoms with Gasteiger partial charge in [0.2, 0.25) is 5.91 Å². The summed E-state index contributed by atoms with van der Waals surface area (Å²) in [5, 5.41) is 12.5. The summed E-state index contributed by atoms with van der Waals surface area (Å²) < 4.78 is 0. The van der Waals surface area contributed by atoms with Crippen molar-refractivity contribution < 1.29 is 4.79 Å². The number of thiophene rings is 1. The van der Waals surface area contributed by atoms with E-state index in [4.69, 9.17) is 11.0 Å². The minimum atomic E-state index is -0.528. The van der Waals surface area contributed by atoms with Gasteiger partial charge in [0.25, 0.3) is 0 Å². The number of carbonyl (C=O) groups is 1. The zero-order chi connectivity index (χ0) is 13.9. The molecule has 0 unspecified atom stereocenters. The Hall–Kier alpha value is -1.38. The second-order valence-electron chi connectivity index (χ2n) is 4.82. The highest BCUT2D eigenvalue weighted by molar-refractivity contribution is 7.16. The van der Waals surface area contributed by atoms with Crippen molar-refractivity contribution in [1.29, 1.82) is 5.26 Å². The summed E-state index contributed by atoms with van der Waals surface area (Å²) in [6.07, 6.45) is 0.636. The van der Waals surface area contributed by atoms with Crippen LogP contribution in [0.3, 0.4) is 0 Å². The number of carbonyl (C=O) groups excluding carboxylic acids is 1. The van der Waals surface area contributed by atoms with Crippen molar-refractivity contribution in [2.75, 3.05) is 5.32 Å². The van der Waals surface area contributed by atoms with Crippen LogP contribution in [0.2, 0.25) is 0 Å². The monoisotopic (exact) mass is 265 g/mol. The largest absolute Gasteiger partial charge is 0.320 e. The van der Waals surface area contributed by atoms with Crippen molar-refractivity contribution in [2.24, 2.45) is 11.7 Å². The maximum absolute atomic E-state index is 11.9. The molecule has 0 fully saturated rings. The number of amides is 1. The minimum Gasteiger partial charge on any atom is -0.320 e. The summed E-state index contributed by atoms with van der Waals surface area (Å²) in [6.45, 7) is 7.86. The highest BCUT2D eigenvalue weighted by Crippen LogP contribution is 2.31. The summed E-state index contributed by atoms with van der Waals surface area (Å²) in [4.78, 5) is 12.9. The molecule has 0 aliphatic rings. The number of anilines is 1. The number of aryl methyl sites for hydroxylation is 1. The maximum Gasteiger partial charge on any atom is 0.241 e. The SMILES string of the molecule is Cc1sc(NC(=O)[C@@H](N)CC(C)C)c(C#N)c1C. The average molecular weight is 265 g/mol. The second kappa shape index (κ2) is 5.98. The molecule has 0 saturated heterocycles. The van der Waals surface area contributed by atoms with Gasteiger partial charge in [-0.3, -0.25) is 4.79 Å². The predicted molar refractivity (Wildman–Crippen MR) is 74.6 cm³/mol. The molecule has 98 valence electrons. The Labute approximate surface area is 112 Å². The Bertz CT molecular complexity index is 485. The molecule has 0 aliphatic carbocycles. The molecule has 0 bridgehead atoms. The molecule has 4 nitrogen and oxygen atoms in total. The molecular weight excluding hydrogens is 246 g/mol. The molecule has 0 aliphatic heterocycles. The highest BCUT2D eigenvalue weighted by Gasteiger charge is 2.19. The smallest absolute Gasteiger partial charge is 0.241 e. The van der Waals surface area contributed by atoms with E-state index in [1.54, 1.807) is 0 Å². The molecule has 18 heavy (non-hydrogen) atoms. The third-order valence-corrected chi connectivity index (χ3v) is 3.92. The lowest BCUT2D eigenvalue weighted by atomic mass is 10.0. The van der Waals surface area contributed by atoms with Gasteiger partial charge in [-0.2, -0.15) is 5.26 Å². The maximum atomic E-state index is 11.9. The second-order valence-corrected chi connectivity index (χ2v) is 6.05. The molecule has 0 saturated carbocycles. The van der Waals surface area contributed by atoms with Gasteiger partial charge in [-0.15, -0.1) is 11.3 Å². The van der Waals surface area contributed by atoms with Crippen molar-refractivity contribution in [1.82, 2.24) is 0 Å². The van der Waals surface area contributed by atoms with E-state index in [2.05, 4.69) is 11.4 Å². The molecule has 1 amide bonds. The first kappa shape index (κ1) is 14.7. The van der Waals surface area contributed by atoms with Crippen LogP contribution in [-0.4, -0.2) is 11.9 Å². The van der Waals surface area contributed by atoms with Gasteiger partial charge >= 0.3 is 0 Å². The van der Waals surface area contributed by atoms with E-state index in [1.165, 1.54) is 11.3 Å². The van der Waals surface area contributed by atoms with E-state index in [9.17, 15) is 4.79 Å². The molecule has 0 radical (unpaired) electrons. The van der Waals surface area contributed by atoms with Crippen LogP contribution in [0.1, 0.15) is 36.3 Å². The lowest BCUT2D eigenvalue weighted by molar-refractivity contribution is -0.117. The van der Waals surface area contributed by atoms with Crippen LogP contribution in [0, 0.1) is 31.1 Å². The van der Waals surface area contributed by atoms with Gasteiger partial charge in [0.15, 0.2) is 0 Å². The summed E-state index contributed by atoms with van der Waals surface area (Å²) in [7, 11) is 0. The molecule has 3 N–H and O–H groups in total. The first-order valence-corrected chi connectivity index (χ1v) is 6.75. The number of nitrogens with one attached hydrogen (secondary N) is 1. The molecule has 0 spiro atoms. The summed E-state index contributed by atoms with van der Waals surface area (Å²) in [5.74, 6) is 0.148. The van der Waals surface area contributed by atoms with Gasteiger partial charge in [-0.25, -0.2) is 0 Å². The van der Waals surface area contributed by atoms with E-state index in [1.807, 2.05) is 27.7 Å². The Kier molecular flexibility index (Phi) is 4.88. The fraction of sp³-hybridized carbons (Fsp3) is 0.538. The minimum absolute atomic E-state index is 0.221. The first-order valence-electron chi connectivity index (χ1n) is 5.93. The third-order valence-electron chi connectivity index (χ3n) is 2.80. The molecule has 5 heteroatoms. The normalized spacial score (nSPS) is 12.3. The van der Waals surface area contributed by atoms with Crippen LogP contribution < -0.4 is 11.1 Å². The summed E-state index contributed by atoms with van der Waals surface area (Å²) in [5.41, 5.74) is 7.28. The quantitative estimate of drug-likeness (QED) is 0.878. The fourth-order valence-electron chi connectivity index (χ4n) is 1.67. The van der Waals surface area contributed by atoms with E-state index in [0.29, 0.717) is 22.9 Å². The summed E-state index contributed by atoms with van der Waals surface area (Å²) in [6, 6.07) is 1.60. The molecule has 1 heterocycles. The van der Waals surface area contributed by atoms with Crippen LogP contribution in [0.25, 0.3) is 0 Å². The summed E-state index contributed by atoms with van der Waals surface area (Å²) >= 11 is 1.42. The third kappa shape index (κ3) is 3.31. The first-order chi connectivity index (χ1) is 8.36. The van der Waals surface area contributed by atoms with E-state index >= 15 is 0 Å². The number of hydrogen-bond acceptors (Lipinski definition) is 4. The van der Waals surface area contributed by atoms with E-state index in [-0.39, 0.29) is 5.91 Å². The predicted octanol–water partition coefficient (Wildman–Crippen LogP) is 2.55. The van der Waals surface area contributed by atoms with Crippen LogP contribution >= 0.6 is 11.3 Å². The van der Waals surface area contributed by atoms with Crippen molar-refractivity contribution in [3.63, 3.8) is 0 Å². The van der Waals surface area contributed by atoms with Crippen molar-refractivity contribution in [3.05, 3.63) is 16.0 Å². The van der Waals surface area contributed by atoms with Gasteiger partial charge in [0.05, 0.1) is 11.6 Å². The van der Waals surface area contributed by atoms with Crippen LogP contribution in [-0.2, 0) is 4.79 Å². The standard InChI is InChI=1S/C13H19N3OS/c1-7(2)5-11(15)12(17)16-13-10(6-14)8(3)9(4)18-13/h7,11H,5,15H2,1-4H3,(H,16,17)/t11-/m0/s1. The molecular formula is C13H19N3OS. The Morgan fingerprint density at radius 3 is 2.61 bits per heavy atom. The topological polar surface area (TPSA) is 78.9 Å².